The van der Waals surface area contributed by atoms with E-state index in [1.54, 1.807) is 0 Å². The molecular formula is C18H15F6N5O. The third-order valence-corrected chi connectivity index (χ3v) is 4.08. The Labute approximate surface area is 166 Å². The highest BCUT2D eigenvalue weighted by atomic mass is 19.4. The number of hydrogen-bond donors (Lipinski definition) is 1. The molecule has 12 heteroatoms. The summed E-state index contributed by atoms with van der Waals surface area (Å²) in [5.41, 5.74) is -1.11. The van der Waals surface area contributed by atoms with Gasteiger partial charge in [-0.25, -0.2) is 0 Å². The largest absolute Gasteiger partial charge is 0.435 e. The van der Waals surface area contributed by atoms with Crippen molar-refractivity contribution in [2.75, 3.05) is 5.32 Å². The summed E-state index contributed by atoms with van der Waals surface area (Å²) in [6.45, 7) is 0.982. The van der Waals surface area contributed by atoms with E-state index in [1.165, 1.54) is 36.1 Å². The average Bonchev–Trinajstić information content (AvgIpc) is 3.21. The minimum Gasteiger partial charge on any atom is -0.322 e. The zero-order chi connectivity index (χ0) is 22.1. The summed E-state index contributed by atoms with van der Waals surface area (Å²) >= 11 is 0. The number of carbonyl (C=O) groups excluding carboxylic acids is 1. The van der Waals surface area contributed by atoms with Crippen molar-refractivity contribution in [3.63, 3.8) is 0 Å². The number of halogens is 6. The maximum atomic E-state index is 12.8. The molecule has 0 saturated carbocycles. The van der Waals surface area contributed by atoms with E-state index >= 15 is 0 Å². The predicted octanol–water partition coefficient (Wildman–Crippen LogP) is 4.11. The zero-order valence-electron chi connectivity index (χ0n) is 15.4. The number of anilines is 1. The number of alkyl halides is 6. The molecular weight excluding hydrogens is 416 g/mol. The van der Waals surface area contributed by atoms with Gasteiger partial charge < -0.3 is 5.32 Å². The SMILES string of the molecule is Cc1cc(C(F)(F)F)nn1CC(=O)Nc1cnn(Cc2cccc(C(F)(F)F)c2)c1. The van der Waals surface area contributed by atoms with Crippen LogP contribution < -0.4 is 5.32 Å². The van der Waals surface area contributed by atoms with Crippen LogP contribution in [0.25, 0.3) is 0 Å². The van der Waals surface area contributed by atoms with Crippen molar-refractivity contribution in [2.45, 2.75) is 32.4 Å². The Morgan fingerprint density at radius 2 is 1.83 bits per heavy atom. The lowest BCUT2D eigenvalue weighted by Gasteiger charge is -2.08. The second-order valence-electron chi connectivity index (χ2n) is 6.50. The molecule has 0 aliphatic heterocycles. The smallest absolute Gasteiger partial charge is 0.322 e. The second-order valence-corrected chi connectivity index (χ2v) is 6.50. The molecule has 0 radical (unpaired) electrons. The van der Waals surface area contributed by atoms with Crippen LogP contribution in [-0.4, -0.2) is 25.5 Å². The number of hydrogen-bond acceptors (Lipinski definition) is 3. The lowest BCUT2D eigenvalue weighted by molar-refractivity contribution is -0.141. The number of benzene rings is 1. The van der Waals surface area contributed by atoms with E-state index in [4.69, 9.17) is 0 Å². The molecule has 1 N–H and O–H groups in total. The molecule has 30 heavy (non-hydrogen) atoms. The van der Waals surface area contributed by atoms with Crippen molar-refractivity contribution in [2.24, 2.45) is 0 Å². The molecule has 0 saturated heterocycles. The van der Waals surface area contributed by atoms with E-state index in [0.29, 0.717) is 5.56 Å². The van der Waals surface area contributed by atoms with E-state index in [-0.39, 0.29) is 17.9 Å². The quantitative estimate of drug-likeness (QED) is 0.619. The normalized spacial score (nSPS) is 12.2. The van der Waals surface area contributed by atoms with Crippen molar-refractivity contribution in [3.05, 3.63) is 65.2 Å². The van der Waals surface area contributed by atoms with Crippen molar-refractivity contribution >= 4 is 11.6 Å². The molecule has 1 aromatic carbocycles. The number of nitrogens with zero attached hydrogens (tertiary/aromatic N) is 4. The van der Waals surface area contributed by atoms with Crippen LogP contribution in [0.3, 0.4) is 0 Å². The first-order valence-corrected chi connectivity index (χ1v) is 8.52. The summed E-state index contributed by atoms with van der Waals surface area (Å²) in [6.07, 6.45) is -6.40. The highest BCUT2D eigenvalue weighted by molar-refractivity contribution is 5.90. The molecule has 6 nitrogen and oxygen atoms in total. The number of rotatable bonds is 5. The Balaban J connectivity index is 1.63. The number of carbonyl (C=O) groups is 1. The molecule has 3 aromatic rings. The third-order valence-electron chi connectivity index (χ3n) is 4.08. The molecule has 160 valence electrons. The van der Waals surface area contributed by atoms with Crippen LogP contribution in [0.4, 0.5) is 32.0 Å². The van der Waals surface area contributed by atoms with Crippen LogP contribution in [0.1, 0.15) is 22.5 Å². The van der Waals surface area contributed by atoms with E-state index in [1.807, 2.05) is 0 Å². The van der Waals surface area contributed by atoms with Crippen molar-refractivity contribution in [3.8, 4) is 0 Å². The Morgan fingerprint density at radius 1 is 1.10 bits per heavy atom. The van der Waals surface area contributed by atoms with Gasteiger partial charge in [0, 0.05) is 11.9 Å². The molecule has 2 aromatic heterocycles. The van der Waals surface area contributed by atoms with Gasteiger partial charge in [0.15, 0.2) is 5.69 Å². The lowest BCUT2D eigenvalue weighted by atomic mass is 10.1. The highest BCUT2D eigenvalue weighted by Crippen LogP contribution is 2.30. The maximum Gasteiger partial charge on any atom is 0.435 e. The Bertz CT molecular complexity index is 1050. The summed E-state index contributed by atoms with van der Waals surface area (Å²) in [6, 6.07) is 5.58. The molecule has 0 fully saturated rings. The van der Waals surface area contributed by atoms with Crippen molar-refractivity contribution in [1.29, 1.82) is 0 Å². The van der Waals surface area contributed by atoms with Crippen molar-refractivity contribution in [1.82, 2.24) is 19.6 Å². The molecule has 2 heterocycles. The molecule has 0 aliphatic rings. The molecule has 0 unspecified atom stereocenters. The van der Waals surface area contributed by atoms with E-state index in [0.717, 1.165) is 22.9 Å². The summed E-state index contributed by atoms with van der Waals surface area (Å²) in [7, 11) is 0. The Kier molecular flexibility index (Phi) is 5.59. The van der Waals surface area contributed by atoms with Gasteiger partial charge in [0.1, 0.15) is 6.54 Å². The first-order valence-electron chi connectivity index (χ1n) is 8.52. The van der Waals surface area contributed by atoms with Crippen molar-refractivity contribution < 1.29 is 31.1 Å². The summed E-state index contributed by atoms with van der Waals surface area (Å²) in [4.78, 5) is 12.1. The molecule has 0 atom stereocenters. The van der Waals surface area contributed by atoms with Gasteiger partial charge in [-0.05, 0) is 30.7 Å². The van der Waals surface area contributed by atoms with Gasteiger partial charge in [0.2, 0.25) is 5.91 Å². The van der Waals surface area contributed by atoms with Crippen LogP contribution >= 0.6 is 0 Å². The predicted molar refractivity (Wildman–Crippen MR) is 93.4 cm³/mol. The summed E-state index contributed by atoms with van der Waals surface area (Å²) in [5.74, 6) is -0.631. The highest BCUT2D eigenvalue weighted by Gasteiger charge is 2.34. The molecule has 3 rings (SSSR count). The molecule has 0 spiro atoms. The fourth-order valence-electron chi connectivity index (χ4n) is 2.69. The average molecular weight is 431 g/mol. The third kappa shape index (κ3) is 5.19. The first kappa shape index (κ1) is 21.4. The van der Waals surface area contributed by atoms with Gasteiger partial charge in [0.05, 0.1) is 24.0 Å². The Hall–Kier alpha value is -3.31. The van der Waals surface area contributed by atoms with Gasteiger partial charge >= 0.3 is 12.4 Å². The number of aryl methyl sites for hydroxylation is 1. The lowest BCUT2D eigenvalue weighted by Crippen LogP contribution is -2.20. The van der Waals surface area contributed by atoms with Crippen LogP contribution in [0, 0.1) is 6.92 Å². The standard InChI is InChI=1S/C18H15F6N5O/c1-11-5-15(18(22,23)24)27-29(11)10-16(30)26-14-7-25-28(9-14)8-12-3-2-4-13(6-12)17(19,20)21/h2-7,9H,8,10H2,1H3,(H,26,30). The number of amides is 1. The second kappa shape index (κ2) is 7.84. The van der Waals surface area contributed by atoms with Crippen LogP contribution in [-0.2, 0) is 30.2 Å². The van der Waals surface area contributed by atoms with E-state index < -0.39 is 36.1 Å². The van der Waals surface area contributed by atoms with E-state index in [2.05, 4.69) is 15.5 Å². The topological polar surface area (TPSA) is 64.7 Å². The molecule has 1 amide bonds. The minimum absolute atomic E-state index is 0.0347. The van der Waals surface area contributed by atoms with Gasteiger partial charge in [0.25, 0.3) is 0 Å². The van der Waals surface area contributed by atoms with Crippen LogP contribution in [0.2, 0.25) is 0 Å². The molecule has 0 bridgehead atoms. The summed E-state index contributed by atoms with van der Waals surface area (Å²) in [5, 5.41) is 9.80. The number of nitrogens with one attached hydrogen (secondary N) is 1. The fourth-order valence-corrected chi connectivity index (χ4v) is 2.69. The zero-order valence-corrected chi connectivity index (χ0v) is 15.4. The minimum atomic E-state index is -4.61. The van der Waals surface area contributed by atoms with Gasteiger partial charge in [-0.1, -0.05) is 12.1 Å². The summed E-state index contributed by atoms with van der Waals surface area (Å²) < 4.78 is 78.7. The fraction of sp³-hybridized carbons (Fsp3) is 0.278. The van der Waals surface area contributed by atoms with Gasteiger partial charge in [-0.15, -0.1) is 0 Å². The Morgan fingerprint density at radius 3 is 2.47 bits per heavy atom. The first-order chi connectivity index (χ1) is 13.9. The maximum absolute atomic E-state index is 12.8. The van der Waals surface area contributed by atoms with Crippen LogP contribution in [0.15, 0.2) is 42.7 Å². The van der Waals surface area contributed by atoms with Gasteiger partial charge in [-0.3, -0.25) is 14.2 Å². The van der Waals surface area contributed by atoms with Gasteiger partial charge in [-0.2, -0.15) is 36.5 Å². The van der Waals surface area contributed by atoms with Crippen LogP contribution in [0.5, 0.6) is 0 Å². The molecule has 0 aliphatic carbocycles. The number of aromatic nitrogens is 4. The van der Waals surface area contributed by atoms with E-state index in [9.17, 15) is 31.1 Å². The monoisotopic (exact) mass is 431 g/mol.